The molecule has 0 saturated heterocycles. The topological polar surface area (TPSA) is 26.3 Å². The molecule has 0 atom stereocenters. The summed E-state index contributed by atoms with van der Waals surface area (Å²) in [6.07, 6.45) is 0.523. The Morgan fingerprint density at radius 3 is 2.61 bits per heavy atom. The summed E-state index contributed by atoms with van der Waals surface area (Å²) in [7, 11) is 0. The molecule has 0 saturated carbocycles. The third kappa shape index (κ3) is 2.87. The fraction of sp³-hybridized carbons (Fsp3) is 0.0714. The molecular formula is C14H10ClFO2. The number of ether oxygens (including phenoxy) is 1. The van der Waals surface area contributed by atoms with Gasteiger partial charge in [-0.05, 0) is 17.7 Å². The zero-order valence-electron chi connectivity index (χ0n) is 9.40. The largest absolute Gasteiger partial charge is 0.485 e. The minimum absolute atomic E-state index is 0.0711. The Bertz CT molecular complexity index is 555. The maximum atomic E-state index is 13.6. The lowest BCUT2D eigenvalue weighted by molar-refractivity contribution is 0.111. The van der Waals surface area contributed by atoms with Crippen LogP contribution in [0.4, 0.5) is 4.39 Å². The number of rotatable bonds is 4. The second kappa shape index (κ2) is 5.65. The normalized spacial score (nSPS) is 10.1. The van der Waals surface area contributed by atoms with Crippen LogP contribution >= 0.6 is 11.6 Å². The van der Waals surface area contributed by atoms with E-state index in [2.05, 4.69) is 0 Å². The van der Waals surface area contributed by atoms with Crippen LogP contribution in [0.25, 0.3) is 0 Å². The summed E-state index contributed by atoms with van der Waals surface area (Å²) in [5.41, 5.74) is 1.000. The number of benzene rings is 2. The average molecular weight is 265 g/mol. The summed E-state index contributed by atoms with van der Waals surface area (Å²) in [6.45, 7) is 0.195. The van der Waals surface area contributed by atoms with Gasteiger partial charge < -0.3 is 4.74 Å². The molecule has 0 unspecified atom stereocenters. The fourth-order valence-electron chi connectivity index (χ4n) is 1.55. The molecule has 0 bridgehead atoms. The van der Waals surface area contributed by atoms with Crippen molar-refractivity contribution in [3.8, 4) is 5.75 Å². The third-order valence-corrected chi connectivity index (χ3v) is 2.61. The Morgan fingerprint density at radius 2 is 1.94 bits per heavy atom. The standard InChI is InChI=1S/C14H10ClFO2/c15-12-6-11(8-17)14(13(16)7-12)18-9-10-4-2-1-3-5-10/h1-8H,9H2. The average Bonchev–Trinajstić information content (AvgIpc) is 2.38. The molecule has 0 fully saturated rings. The van der Waals surface area contributed by atoms with Gasteiger partial charge in [0.1, 0.15) is 6.61 Å². The number of carbonyl (C=O) groups excluding carboxylic acids is 1. The molecule has 0 radical (unpaired) electrons. The first kappa shape index (κ1) is 12.6. The predicted molar refractivity (Wildman–Crippen MR) is 67.6 cm³/mol. The molecule has 2 rings (SSSR count). The SMILES string of the molecule is O=Cc1cc(Cl)cc(F)c1OCc1ccccc1. The molecular weight excluding hydrogens is 255 g/mol. The van der Waals surface area contributed by atoms with E-state index in [1.54, 1.807) is 0 Å². The lowest BCUT2D eigenvalue weighted by atomic mass is 10.2. The first-order chi connectivity index (χ1) is 8.70. The number of hydrogen-bond donors (Lipinski definition) is 0. The molecule has 0 heterocycles. The molecule has 0 amide bonds. The quantitative estimate of drug-likeness (QED) is 0.784. The molecule has 2 aromatic rings. The molecule has 4 heteroatoms. The van der Waals surface area contributed by atoms with Crippen molar-refractivity contribution in [3.05, 3.63) is 64.4 Å². The highest BCUT2D eigenvalue weighted by Crippen LogP contribution is 2.26. The van der Waals surface area contributed by atoms with Crippen LogP contribution in [0.15, 0.2) is 42.5 Å². The van der Waals surface area contributed by atoms with Crippen molar-refractivity contribution in [2.75, 3.05) is 0 Å². The van der Waals surface area contributed by atoms with E-state index in [1.165, 1.54) is 6.07 Å². The lowest BCUT2D eigenvalue weighted by Gasteiger charge is -2.09. The highest BCUT2D eigenvalue weighted by atomic mass is 35.5. The Kier molecular flexibility index (Phi) is 3.95. The summed E-state index contributed by atoms with van der Waals surface area (Å²) < 4.78 is 19.0. The van der Waals surface area contributed by atoms with Crippen molar-refractivity contribution in [3.63, 3.8) is 0 Å². The van der Waals surface area contributed by atoms with Crippen LogP contribution in [0.1, 0.15) is 15.9 Å². The van der Waals surface area contributed by atoms with E-state index < -0.39 is 5.82 Å². The van der Waals surface area contributed by atoms with Gasteiger partial charge in [-0.15, -0.1) is 0 Å². The molecule has 18 heavy (non-hydrogen) atoms. The molecule has 2 nitrogen and oxygen atoms in total. The van der Waals surface area contributed by atoms with Crippen molar-refractivity contribution >= 4 is 17.9 Å². The predicted octanol–water partition coefficient (Wildman–Crippen LogP) is 3.87. The molecule has 0 aromatic heterocycles. The fourth-order valence-corrected chi connectivity index (χ4v) is 1.76. The van der Waals surface area contributed by atoms with Gasteiger partial charge in [-0.1, -0.05) is 41.9 Å². The molecule has 0 N–H and O–H groups in total. The second-order valence-corrected chi connectivity index (χ2v) is 4.13. The number of halogens is 2. The van der Waals surface area contributed by atoms with Crippen molar-refractivity contribution in [2.24, 2.45) is 0 Å². The van der Waals surface area contributed by atoms with Crippen LogP contribution in [0.2, 0.25) is 5.02 Å². The maximum Gasteiger partial charge on any atom is 0.167 e. The van der Waals surface area contributed by atoms with Crippen LogP contribution in [-0.4, -0.2) is 6.29 Å². The van der Waals surface area contributed by atoms with E-state index in [4.69, 9.17) is 16.3 Å². The van der Waals surface area contributed by atoms with Crippen molar-refractivity contribution in [1.29, 1.82) is 0 Å². The number of carbonyl (C=O) groups is 1. The summed E-state index contributed by atoms with van der Waals surface area (Å²) in [4.78, 5) is 10.8. The van der Waals surface area contributed by atoms with Gasteiger partial charge in [0, 0.05) is 5.02 Å². The van der Waals surface area contributed by atoms with Crippen LogP contribution < -0.4 is 4.74 Å². The summed E-state index contributed by atoms with van der Waals surface area (Å²) in [5.74, 6) is -0.709. The number of hydrogen-bond acceptors (Lipinski definition) is 2. The second-order valence-electron chi connectivity index (χ2n) is 3.70. The van der Waals surface area contributed by atoms with Gasteiger partial charge in [0.15, 0.2) is 17.9 Å². The van der Waals surface area contributed by atoms with Gasteiger partial charge in [0.25, 0.3) is 0 Å². The number of aldehydes is 1. The smallest absolute Gasteiger partial charge is 0.167 e. The van der Waals surface area contributed by atoms with E-state index >= 15 is 0 Å². The van der Waals surface area contributed by atoms with E-state index in [0.29, 0.717) is 6.29 Å². The Labute approximate surface area is 109 Å². The monoisotopic (exact) mass is 264 g/mol. The highest BCUT2D eigenvalue weighted by molar-refractivity contribution is 6.30. The molecule has 2 aromatic carbocycles. The van der Waals surface area contributed by atoms with Crippen molar-refractivity contribution in [2.45, 2.75) is 6.61 Å². The molecule has 0 aliphatic rings. The third-order valence-electron chi connectivity index (χ3n) is 2.39. The lowest BCUT2D eigenvalue weighted by Crippen LogP contribution is -2.00. The summed E-state index contributed by atoms with van der Waals surface area (Å²) >= 11 is 5.66. The molecule has 0 aliphatic carbocycles. The maximum absolute atomic E-state index is 13.6. The van der Waals surface area contributed by atoms with Gasteiger partial charge in [0.05, 0.1) is 5.56 Å². The van der Waals surface area contributed by atoms with Crippen LogP contribution in [0.5, 0.6) is 5.75 Å². The Hall–Kier alpha value is -1.87. The zero-order chi connectivity index (χ0) is 13.0. The van der Waals surface area contributed by atoms with Crippen LogP contribution in [0.3, 0.4) is 0 Å². The minimum Gasteiger partial charge on any atom is -0.485 e. The van der Waals surface area contributed by atoms with Gasteiger partial charge in [-0.3, -0.25) is 4.79 Å². The summed E-state index contributed by atoms with van der Waals surface area (Å²) in [5, 5.41) is 0.168. The van der Waals surface area contributed by atoms with Gasteiger partial charge in [-0.2, -0.15) is 0 Å². The minimum atomic E-state index is -0.638. The Balaban J connectivity index is 2.21. The summed E-state index contributed by atoms with van der Waals surface area (Å²) in [6, 6.07) is 11.8. The van der Waals surface area contributed by atoms with Crippen molar-refractivity contribution in [1.82, 2.24) is 0 Å². The first-order valence-electron chi connectivity index (χ1n) is 5.31. The first-order valence-corrected chi connectivity index (χ1v) is 5.69. The van der Waals surface area contributed by atoms with Crippen molar-refractivity contribution < 1.29 is 13.9 Å². The van der Waals surface area contributed by atoms with Crippen LogP contribution in [0, 0.1) is 5.82 Å². The van der Waals surface area contributed by atoms with Crippen LogP contribution in [-0.2, 0) is 6.61 Å². The Morgan fingerprint density at radius 1 is 1.22 bits per heavy atom. The molecule has 0 aliphatic heterocycles. The highest BCUT2D eigenvalue weighted by Gasteiger charge is 2.11. The van der Waals surface area contributed by atoms with Gasteiger partial charge in [-0.25, -0.2) is 4.39 Å². The zero-order valence-corrected chi connectivity index (χ0v) is 10.2. The molecule has 92 valence electrons. The van der Waals surface area contributed by atoms with E-state index in [-0.39, 0.29) is 22.9 Å². The van der Waals surface area contributed by atoms with E-state index in [0.717, 1.165) is 11.6 Å². The van der Waals surface area contributed by atoms with Gasteiger partial charge >= 0.3 is 0 Å². The van der Waals surface area contributed by atoms with E-state index in [9.17, 15) is 9.18 Å². The molecule has 0 spiro atoms. The van der Waals surface area contributed by atoms with E-state index in [1.807, 2.05) is 30.3 Å². The van der Waals surface area contributed by atoms with Gasteiger partial charge in [0.2, 0.25) is 0 Å².